The van der Waals surface area contributed by atoms with Gasteiger partial charge in [0.15, 0.2) is 5.82 Å². The van der Waals surface area contributed by atoms with E-state index in [4.69, 9.17) is 4.98 Å². The van der Waals surface area contributed by atoms with Gasteiger partial charge < -0.3 is 4.90 Å². The van der Waals surface area contributed by atoms with Crippen LogP contribution in [0.1, 0.15) is 61.3 Å². The normalized spacial score (nSPS) is 18.9. The highest BCUT2D eigenvalue weighted by atomic mass is 19.1. The Morgan fingerprint density at radius 3 is 2.86 bits per heavy atom. The number of nitrogens with zero attached hydrogens (tertiary/aromatic N) is 4. The van der Waals surface area contributed by atoms with E-state index in [1.165, 1.54) is 12.1 Å². The van der Waals surface area contributed by atoms with Crippen molar-refractivity contribution in [2.45, 2.75) is 58.5 Å². The molecule has 152 valence electrons. The summed E-state index contributed by atoms with van der Waals surface area (Å²) < 4.78 is 13.6. The van der Waals surface area contributed by atoms with Gasteiger partial charge in [-0.05, 0) is 43.9 Å². The van der Waals surface area contributed by atoms with Crippen LogP contribution in [0.4, 0.5) is 10.2 Å². The molecular formula is C22H25FN4O2. The van der Waals surface area contributed by atoms with Crippen LogP contribution < -0.4 is 4.90 Å². The molecule has 1 atom stereocenters. The number of piperidine rings is 1. The van der Waals surface area contributed by atoms with Gasteiger partial charge in [-0.3, -0.25) is 14.5 Å². The van der Waals surface area contributed by atoms with Gasteiger partial charge in [0.1, 0.15) is 11.6 Å². The molecule has 0 N–H and O–H groups in total. The van der Waals surface area contributed by atoms with Crippen LogP contribution in [0.25, 0.3) is 0 Å². The molecule has 1 aromatic heterocycles. The quantitative estimate of drug-likeness (QED) is 0.794. The maximum absolute atomic E-state index is 13.6. The van der Waals surface area contributed by atoms with Crippen LogP contribution in [0.2, 0.25) is 0 Å². The fourth-order valence-electron chi connectivity index (χ4n) is 4.23. The Balaban J connectivity index is 1.69. The highest BCUT2D eigenvalue weighted by Crippen LogP contribution is 2.35. The van der Waals surface area contributed by atoms with E-state index in [1.807, 2.05) is 18.7 Å². The van der Waals surface area contributed by atoms with Crippen molar-refractivity contribution in [2.24, 2.45) is 0 Å². The number of anilines is 1. The van der Waals surface area contributed by atoms with Crippen LogP contribution in [-0.2, 0) is 22.6 Å². The van der Waals surface area contributed by atoms with Crippen molar-refractivity contribution in [3.8, 4) is 0 Å². The smallest absolute Gasteiger partial charge is 0.233 e. The van der Waals surface area contributed by atoms with E-state index in [1.54, 1.807) is 17.0 Å². The molecule has 3 heterocycles. The summed E-state index contributed by atoms with van der Waals surface area (Å²) in [5.41, 5.74) is 2.30. The summed E-state index contributed by atoms with van der Waals surface area (Å²) in [6, 6.07) is 6.09. The third-order valence-electron chi connectivity index (χ3n) is 5.75. The molecule has 6 nitrogen and oxygen atoms in total. The number of carbonyl (C=O) groups is 2. The maximum atomic E-state index is 13.6. The topological polar surface area (TPSA) is 66.4 Å². The number of hydrogen-bond acceptors (Lipinski definition) is 4. The lowest BCUT2D eigenvalue weighted by Crippen LogP contribution is -2.39. The van der Waals surface area contributed by atoms with Gasteiger partial charge in [-0.25, -0.2) is 14.4 Å². The average Bonchev–Trinajstić information content (AvgIpc) is 3.03. The Hall–Kier alpha value is -2.83. The van der Waals surface area contributed by atoms with E-state index in [9.17, 15) is 14.0 Å². The molecule has 29 heavy (non-hydrogen) atoms. The molecule has 0 radical (unpaired) electrons. The van der Waals surface area contributed by atoms with Gasteiger partial charge in [-0.15, -0.1) is 0 Å². The Labute approximate surface area is 169 Å². The molecule has 0 spiro atoms. The molecule has 2 amide bonds. The molecule has 0 bridgehead atoms. The largest absolute Gasteiger partial charge is 0.332 e. The first-order chi connectivity index (χ1) is 14.0. The molecule has 2 aliphatic heterocycles. The number of rotatable bonds is 4. The Bertz CT molecular complexity index is 962. The van der Waals surface area contributed by atoms with E-state index in [2.05, 4.69) is 4.98 Å². The molecule has 1 saturated heterocycles. The predicted molar refractivity (Wildman–Crippen MR) is 107 cm³/mol. The first-order valence-electron chi connectivity index (χ1n) is 10.2. The minimum atomic E-state index is -0.329. The van der Waals surface area contributed by atoms with E-state index >= 15 is 0 Å². The van der Waals surface area contributed by atoms with Gasteiger partial charge >= 0.3 is 0 Å². The fraction of sp³-hybridized carbons (Fsp3) is 0.455. The molecule has 2 aromatic rings. The number of halogens is 1. The Morgan fingerprint density at radius 2 is 2.10 bits per heavy atom. The maximum Gasteiger partial charge on any atom is 0.233 e. The zero-order chi connectivity index (χ0) is 20.5. The average molecular weight is 396 g/mol. The SMILES string of the molecule is CCC(=O)N1CCCC[C@@H]1c1nc(C)c2c(n1)N(Cc1cccc(F)c1)C(=O)C2. The standard InChI is InChI=1S/C22H25FN4O2/c1-3-19(28)26-10-5-4-9-18(26)21-24-14(2)17-12-20(29)27(22(17)25-21)13-15-7-6-8-16(23)11-15/h6-8,11,18H,3-5,9-10,12-13H2,1-2H3/t18-/m1/s1. The van der Waals surface area contributed by atoms with Crippen LogP contribution in [-0.4, -0.2) is 33.2 Å². The lowest BCUT2D eigenvalue weighted by molar-refractivity contribution is -0.135. The predicted octanol–water partition coefficient (Wildman–Crippen LogP) is 3.48. The molecule has 7 heteroatoms. The number of aromatic nitrogens is 2. The first-order valence-corrected chi connectivity index (χ1v) is 10.2. The van der Waals surface area contributed by atoms with Crippen molar-refractivity contribution < 1.29 is 14.0 Å². The molecule has 0 unspecified atom stereocenters. The van der Waals surface area contributed by atoms with E-state index in [0.717, 1.165) is 30.5 Å². The summed E-state index contributed by atoms with van der Waals surface area (Å²) in [4.78, 5) is 38.0. The minimum Gasteiger partial charge on any atom is -0.332 e. The lowest BCUT2D eigenvalue weighted by atomic mass is 10.0. The second-order valence-electron chi connectivity index (χ2n) is 7.71. The molecule has 4 rings (SSSR count). The number of fused-ring (bicyclic) bond motifs is 1. The van der Waals surface area contributed by atoms with E-state index < -0.39 is 0 Å². The number of aryl methyl sites for hydroxylation is 1. The monoisotopic (exact) mass is 396 g/mol. The molecule has 0 saturated carbocycles. The third kappa shape index (κ3) is 3.73. The van der Waals surface area contributed by atoms with Crippen LogP contribution in [0.3, 0.4) is 0 Å². The minimum absolute atomic E-state index is 0.0658. The molecular weight excluding hydrogens is 371 g/mol. The summed E-state index contributed by atoms with van der Waals surface area (Å²) in [5.74, 6) is 0.899. The number of benzene rings is 1. The fourth-order valence-corrected chi connectivity index (χ4v) is 4.23. The van der Waals surface area contributed by atoms with Crippen molar-refractivity contribution >= 4 is 17.6 Å². The highest BCUT2D eigenvalue weighted by Gasteiger charge is 2.35. The van der Waals surface area contributed by atoms with E-state index in [0.29, 0.717) is 30.2 Å². The second kappa shape index (κ2) is 7.89. The summed E-state index contributed by atoms with van der Waals surface area (Å²) in [7, 11) is 0. The summed E-state index contributed by atoms with van der Waals surface area (Å²) in [6.45, 7) is 4.73. The van der Waals surface area contributed by atoms with Crippen molar-refractivity contribution in [1.29, 1.82) is 0 Å². The van der Waals surface area contributed by atoms with Gasteiger partial charge in [-0.2, -0.15) is 0 Å². The number of carbonyl (C=O) groups excluding carboxylic acids is 2. The summed E-state index contributed by atoms with van der Waals surface area (Å²) in [6.07, 6.45) is 3.52. The molecule has 1 aromatic carbocycles. The van der Waals surface area contributed by atoms with E-state index in [-0.39, 0.29) is 36.6 Å². The Morgan fingerprint density at radius 1 is 1.28 bits per heavy atom. The zero-order valence-electron chi connectivity index (χ0n) is 16.8. The third-order valence-corrected chi connectivity index (χ3v) is 5.75. The van der Waals surface area contributed by atoms with Crippen LogP contribution in [0, 0.1) is 12.7 Å². The Kier molecular flexibility index (Phi) is 5.30. The van der Waals surface area contributed by atoms with Crippen molar-refractivity contribution in [3.63, 3.8) is 0 Å². The van der Waals surface area contributed by atoms with Crippen LogP contribution in [0.5, 0.6) is 0 Å². The highest BCUT2D eigenvalue weighted by molar-refractivity contribution is 6.00. The van der Waals surface area contributed by atoms with Crippen LogP contribution in [0.15, 0.2) is 24.3 Å². The molecule has 1 fully saturated rings. The second-order valence-corrected chi connectivity index (χ2v) is 7.71. The van der Waals surface area contributed by atoms with Crippen LogP contribution >= 0.6 is 0 Å². The number of amides is 2. The van der Waals surface area contributed by atoms with Gasteiger partial charge in [0.25, 0.3) is 0 Å². The zero-order valence-corrected chi connectivity index (χ0v) is 16.8. The van der Waals surface area contributed by atoms with Crippen molar-refractivity contribution in [2.75, 3.05) is 11.4 Å². The van der Waals surface area contributed by atoms with Gasteiger partial charge in [0, 0.05) is 24.2 Å². The van der Waals surface area contributed by atoms with Gasteiger partial charge in [0.05, 0.1) is 19.0 Å². The molecule has 0 aliphatic carbocycles. The van der Waals surface area contributed by atoms with Gasteiger partial charge in [-0.1, -0.05) is 19.1 Å². The number of hydrogen-bond donors (Lipinski definition) is 0. The first kappa shape index (κ1) is 19.5. The number of likely N-dealkylation sites (tertiary alicyclic amines) is 1. The molecule has 2 aliphatic rings. The van der Waals surface area contributed by atoms with Crippen molar-refractivity contribution in [1.82, 2.24) is 14.9 Å². The van der Waals surface area contributed by atoms with Crippen molar-refractivity contribution in [3.05, 3.63) is 52.7 Å². The lowest BCUT2D eigenvalue weighted by Gasteiger charge is -2.35. The summed E-state index contributed by atoms with van der Waals surface area (Å²) in [5, 5.41) is 0. The summed E-state index contributed by atoms with van der Waals surface area (Å²) >= 11 is 0. The van der Waals surface area contributed by atoms with Gasteiger partial charge in [0.2, 0.25) is 11.8 Å².